The van der Waals surface area contributed by atoms with Crippen LogP contribution in [-0.4, -0.2) is 45.0 Å². The van der Waals surface area contributed by atoms with E-state index in [4.69, 9.17) is 4.42 Å². The van der Waals surface area contributed by atoms with Crippen molar-refractivity contribution >= 4 is 26.8 Å². The highest BCUT2D eigenvalue weighted by atomic mass is 32.2. The first kappa shape index (κ1) is 26.9. The largest absolute Gasteiger partial charge is 0.443 e. The topological polar surface area (TPSA) is 106 Å². The maximum Gasteiger partial charge on any atom is 0.433 e. The highest BCUT2D eigenvalue weighted by Crippen LogP contribution is 2.48. The Balaban J connectivity index is 1.34. The summed E-state index contributed by atoms with van der Waals surface area (Å²) < 4.78 is 72.7. The van der Waals surface area contributed by atoms with Crippen LogP contribution < -0.4 is 0 Å². The predicted octanol–water partition coefficient (Wildman–Crippen LogP) is 5.44. The number of pyridine rings is 1. The summed E-state index contributed by atoms with van der Waals surface area (Å²) in [6.45, 7) is 3.45. The Morgan fingerprint density at radius 1 is 1.08 bits per heavy atom. The van der Waals surface area contributed by atoms with Gasteiger partial charge in [-0.1, -0.05) is 18.2 Å². The highest BCUT2D eigenvalue weighted by Gasteiger charge is 2.59. The van der Waals surface area contributed by atoms with Gasteiger partial charge in [-0.25, -0.2) is 18.4 Å². The molecule has 0 spiro atoms. The van der Waals surface area contributed by atoms with Crippen LogP contribution in [0.3, 0.4) is 0 Å². The number of sulfonamides is 1. The number of aryl methyl sites for hydroxylation is 1. The Hall–Kier alpha value is -3.64. The summed E-state index contributed by atoms with van der Waals surface area (Å²) in [4.78, 5) is 25.2. The van der Waals surface area contributed by atoms with E-state index in [-0.39, 0.29) is 23.7 Å². The molecule has 12 heteroatoms. The number of benzene rings is 1. The fourth-order valence-corrected chi connectivity index (χ4v) is 6.77. The van der Waals surface area contributed by atoms with E-state index in [0.717, 1.165) is 12.3 Å². The van der Waals surface area contributed by atoms with Crippen LogP contribution in [0.5, 0.6) is 0 Å². The molecule has 0 amide bonds. The van der Waals surface area contributed by atoms with Gasteiger partial charge in [0.15, 0.2) is 5.78 Å². The molecule has 1 aromatic carbocycles. The molecule has 0 N–H and O–H groups in total. The van der Waals surface area contributed by atoms with Crippen molar-refractivity contribution in [2.45, 2.75) is 62.4 Å². The fraction of sp³-hybridized carbons (Fsp3) is 0.333. The van der Waals surface area contributed by atoms with Gasteiger partial charge in [0.05, 0.1) is 11.2 Å². The zero-order chi connectivity index (χ0) is 28.0. The fourth-order valence-electron chi connectivity index (χ4n) is 4.80. The number of hydrogen-bond acceptors (Lipinski definition) is 7. The molecule has 0 radical (unpaired) electrons. The number of fused-ring (bicyclic) bond motifs is 1. The zero-order valence-corrected chi connectivity index (χ0v) is 22.0. The minimum Gasteiger partial charge on any atom is -0.443 e. The van der Waals surface area contributed by atoms with Crippen molar-refractivity contribution in [3.8, 4) is 11.3 Å². The third-order valence-electron chi connectivity index (χ3n) is 6.73. The van der Waals surface area contributed by atoms with Gasteiger partial charge in [0.2, 0.25) is 5.09 Å². The molecular formula is C27H25F3N4O4S. The van der Waals surface area contributed by atoms with E-state index in [1.165, 1.54) is 22.8 Å². The average molecular weight is 559 g/mol. The first-order valence-corrected chi connectivity index (χ1v) is 13.8. The standard InChI is InChI=1S/C27H25F3N4O4S/c1-17(2)34(39(36,37)25-13-18-5-3-4-6-22(18)38-25)26(11-12-26)24(35)10-8-20-14-21(33-16-32-20)19-7-9-23(31-15-19)27(28,29)30/h3-7,9,13-17H,8,10-12H2,1-2H3. The lowest BCUT2D eigenvalue weighted by atomic mass is 10.0. The molecule has 8 nitrogen and oxygen atoms in total. The van der Waals surface area contributed by atoms with Gasteiger partial charge in [-0.3, -0.25) is 9.78 Å². The normalized spacial score (nSPS) is 15.3. The quantitative estimate of drug-likeness (QED) is 0.269. The Morgan fingerprint density at radius 3 is 2.44 bits per heavy atom. The molecule has 0 saturated heterocycles. The van der Waals surface area contributed by atoms with Crippen molar-refractivity contribution in [3.63, 3.8) is 0 Å². The van der Waals surface area contributed by atoms with Crippen LogP contribution >= 0.6 is 0 Å². The second kappa shape index (κ2) is 9.83. The Kier molecular flexibility index (Phi) is 6.79. The zero-order valence-electron chi connectivity index (χ0n) is 21.1. The van der Waals surface area contributed by atoms with Crippen LogP contribution in [0.25, 0.3) is 22.2 Å². The van der Waals surface area contributed by atoms with E-state index in [2.05, 4.69) is 15.0 Å². The van der Waals surface area contributed by atoms with Crippen LogP contribution in [0.15, 0.2) is 70.6 Å². The van der Waals surface area contributed by atoms with Crippen LogP contribution in [-0.2, 0) is 27.4 Å². The lowest BCUT2D eigenvalue weighted by molar-refractivity contribution is -0.141. The average Bonchev–Trinajstić information content (AvgIpc) is 3.55. The number of rotatable bonds is 9. The van der Waals surface area contributed by atoms with Crippen molar-refractivity contribution in [1.82, 2.24) is 19.3 Å². The molecule has 3 aromatic heterocycles. The van der Waals surface area contributed by atoms with E-state index in [1.54, 1.807) is 44.2 Å². The molecule has 1 saturated carbocycles. The molecule has 1 aliphatic carbocycles. The van der Waals surface area contributed by atoms with Gasteiger partial charge in [-0.2, -0.15) is 17.5 Å². The van der Waals surface area contributed by atoms with Crippen molar-refractivity contribution < 1.29 is 30.8 Å². The van der Waals surface area contributed by atoms with Gasteiger partial charge in [-0.15, -0.1) is 0 Å². The molecule has 5 rings (SSSR count). The molecule has 0 atom stereocenters. The molecule has 1 aliphatic rings. The van der Waals surface area contributed by atoms with Crippen molar-refractivity contribution in [2.24, 2.45) is 0 Å². The van der Waals surface area contributed by atoms with E-state index in [1.807, 2.05) is 0 Å². The Labute approximate surface area is 223 Å². The number of carbonyl (C=O) groups excluding carboxylic acids is 1. The first-order chi connectivity index (χ1) is 18.4. The molecule has 39 heavy (non-hydrogen) atoms. The van der Waals surface area contributed by atoms with Gasteiger partial charge in [0.25, 0.3) is 10.0 Å². The monoisotopic (exact) mass is 558 g/mol. The smallest absolute Gasteiger partial charge is 0.433 e. The summed E-state index contributed by atoms with van der Waals surface area (Å²) in [6, 6.07) is 11.7. The summed E-state index contributed by atoms with van der Waals surface area (Å²) in [7, 11) is -4.11. The number of furan rings is 1. The number of ketones is 1. The molecule has 0 bridgehead atoms. The summed E-state index contributed by atoms with van der Waals surface area (Å²) in [5, 5.41) is 0.445. The van der Waals surface area contributed by atoms with E-state index >= 15 is 0 Å². The number of hydrogen-bond donors (Lipinski definition) is 0. The van der Waals surface area contributed by atoms with E-state index in [9.17, 15) is 26.4 Å². The number of aromatic nitrogens is 3. The SMILES string of the molecule is CC(C)N(C1(C(=O)CCc2cc(-c3ccc(C(F)(F)F)nc3)ncn2)CC1)S(=O)(=O)c1cc2ccccc2o1. The highest BCUT2D eigenvalue weighted by molar-refractivity contribution is 7.89. The van der Waals surface area contributed by atoms with Crippen LogP contribution in [0.2, 0.25) is 0 Å². The third-order valence-corrected chi connectivity index (χ3v) is 8.73. The van der Waals surface area contributed by atoms with Crippen molar-refractivity contribution in [3.05, 3.63) is 72.4 Å². The van der Waals surface area contributed by atoms with Gasteiger partial charge in [0.1, 0.15) is 17.6 Å². The molecule has 4 aromatic rings. The second-order valence-electron chi connectivity index (χ2n) is 9.78. The molecule has 3 heterocycles. The second-order valence-corrected chi connectivity index (χ2v) is 11.5. The third kappa shape index (κ3) is 5.18. The summed E-state index contributed by atoms with van der Waals surface area (Å²) >= 11 is 0. The molecule has 0 unspecified atom stereocenters. The van der Waals surface area contributed by atoms with Gasteiger partial charge >= 0.3 is 6.18 Å². The van der Waals surface area contributed by atoms with Gasteiger partial charge in [0, 0.05) is 41.4 Å². The van der Waals surface area contributed by atoms with Gasteiger partial charge in [-0.05, 0) is 57.4 Å². The van der Waals surface area contributed by atoms with Gasteiger partial charge < -0.3 is 4.42 Å². The van der Waals surface area contributed by atoms with Crippen LogP contribution in [0, 0.1) is 0 Å². The number of alkyl halides is 3. The van der Waals surface area contributed by atoms with E-state index < -0.39 is 33.5 Å². The number of para-hydroxylation sites is 1. The van der Waals surface area contributed by atoms with Crippen molar-refractivity contribution in [1.29, 1.82) is 0 Å². The maximum absolute atomic E-state index is 13.7. The number of nitrogens with zero attached hydrogens (tertiary/aromatic N) is 4. The van der Waals surface area contributed by atoms with Crippen molar-refractivity contribution in [2.75, 3.05) is 0 Å². The minimum absolute atomic E-state index is 0.0284. The molecular weight excluding hydrogens is 533 g/mol. The predicted molar refractivity (Wildman–Crippen MR) is 136 cm³/mol. The summed E-state index contributed by atoms with van der Waals surface area (Å²) in [5.74, 6) is -0.229. The summed E-state index contributed by atoms with van der Waals surface area (Å²) in [6.07, 6.45) is -1.15. The van der Waals surface area contributed by atoms with Crippen LogP contribution in [0.1, 0.15) is 44.5 Å². The maximum atomic E-state index is 13.7. The van der Waals surface area contributed by atoms with E-state index in [0.29, 0.717) is 40.8 Å². The number of carbonyl (C=O) groups is 1. The minimum atomic E-state index is -4.55. The number of Topliss-reactive ketones (excluding diaryl/α,β-unsaturated/α-hetero) is 1. The lowest BCUT2D eigenvalue weighted by Gasteiger charge is -2.32. The first-order valence-electron chi connectivity index (χ1n) is 12.3. The Morgan fingerprint density at radius 2 is 1.82 bits per heavy atom. The Bertz CT molecular complexity index is 1600. The molecule has 0 aliphatic heterocycles. The van der Waals surface area contributed by atoms with Crippen LogP contribution in [0.4, 0.5) is 13.2 Å². The number of halogens is 3. The molecule has 1 fully saturated rings. The summed E-state index contributed by atoms with van der Waals surface area (Å²) in [5.41, 5.74) is -0.489. The lowest BCUT2D eigenvalue weighted by Crippen LogP contribution is -2.50. The molecule has 204 valence electrons.